The van der Waals surface area contributed by atoms with Crippen LogP contribution in [0, 0.1) is 17.7 Å². The highest BCUT2D eigenvalue weighted by molar-refractivity contribution is 5.74. The fourth-order valence-electron chi connectivity index (χ4n) is 4.02. The van der Waals surface area contributed by atoms with Crippen LogP contribution in [-0.2, 0) is 6.54 Å². The summed E-state index contributed by atoms with van der Waals surface area (Å²) in [6.07, 6.45) is 3.55. The van der Waals surface area contributed by atoms with Crippen molar-refractivity contribution in [1.29, 1.82) is 0 Å². The number of halogens is 1. The maximum atomic E-state index is 13.4. The lowest BCUT2D eigenvalue weighted by Crippen LogP contribution is -2.39. The molecule has 1 N–H and O–H groups in total. The number of amides is 2. The minimum atomic E-state index is -0.325. The van der Waals surface area contributed by atoms with E-state index in [9.17, 15) is 9.18 Å². The molecule has 0 aliphatic carbocycles. The Hall–Kier alpha value is -1.82. The van der Waals surface area contributed by atoms with Gasteiger partial charge in [-0.1, -0.05) is 0 Å². The summed E-state index contributed by atoms with van der Waals surface area (Å²) in [5.74, 6) is 1.61. The van der Waals surface area contributed by atoms with Crippen LogP contribution in [0.1, 0.15) is 24.8 Å². The Morgan fingerprint density at radius 1 is 1.24 bits per heavy atom. The average molecular weight is 349 g/mol. The lowest BCUT2D eigenvalue weighted by atomic mass is 9.84. The van der Waals surface area contributed by atoms with Crippen LogP contribution in [0.15, 0.2) is 18.2 Å². The van der Waals surface area contributed by atoms with Gasteiger partial charge in [-0.2, -0.15) is 0 Å². The van der Waals surface area contributed by atoms with Crippen LogP contribution in [0.4, 0.5) is 9.18 Å². The third kappa shape index (κ3) is 4.42. The number of piperidine rings is 1. The van der Waals surface area contributed by atoms with E-state index in [1.54, 1.807) is 13.2 Å². The van der Waals surface area contributed by atoms with Gasteiger partial charge in [-0.25, -0.2) is 9.18 Å². The van der Waals surface area contributed by atoms with E-state index >= 15 is 0 Å². The summed E-state index contributed by atoms with van der Waals surface area (Å²) in [4.78, 5) is 16.7. The topological polar surface area (TPSA) is 44.8 Å². The average Bonchev–Trinajstić information content (AvgIpc) is 3.10. The van der Waals surface area contributed by atoms with Gasteiger partial charge < -0.3 is 19.9 Å². The third-order valence-corrected chi connectivity index (χ3v) is 5.61. The molecule has 1 aromatic rings. The number of rotatable bonds is 4. The van der Waals surface area contributed by atoms with Crippen molar-refractivity contribution in [3.05, 3.63) is 29.6 Å². The summed E-state index contributed by atoms with van der Waals surface area (Å²) in [6, 6.07) is 4.28. The second-order valence-electron chi connectivity index (χ2n) is 7.25. The Labute approximate surface area is 149 Å². The fraction of sp³-hybridized carbons (Fsp3) is 0.632. The molecule has 1 atom stereocenters. The minimum absolute atomic E-state index is 0.0678. The van der Waals surface area contributed by atoms with Crippen LogP contribution < -0.4 is 10.1 Å². The number of nitrogens with zero attached hydrogens (tertiary/aromatic N) is 2. The SMILES string of the molecule is COc1ccc(F)cc1CNC(=O)N1CC[C@H](C2CCN(C)CC2)C1. The van der Waals surface area contributed by atoms with Crippen molar-refractivity contribution in [3.63, 3.8) is 0 Å². The van der Waals surface area contributed by atoms with Crippen molar-refractivity contribution in [3.8, 4) is 5.75 Å². The number of carbonyl (C=O) groups is 1. The van der Waals surface area contributed by atoms with Gasteiger partial charge in [0, 0.05) is 25.2 Å². The molecule has 0 unspecified atom stereocenters. The summed E-state index contributed by atoms with van der Waals surface area (Å²) in [5.41, 5.74) is 0.655. The van der Waals surface area contributed by atoms with Gasteiger partial charge >= 0.3 is 6.03 Å². The van der Waals surface area contributed by atoms with Crippen LogP contribution >= 0.6 is 0 Å². The lowest BCUT2D eigenvalue weighted by Gasteiger charge is -2.32. The molecule has 2 amide bonds. The molecule has 2 aliphatic heterocycles. The van der Waals surface area contributed by atoms with Crippen molar-refractivity contribution >= 4 is 6.03 Å². The van der Waals surface area contributed by atoms with Gasteiger partial charge in [-0.05, 0) is 69.4 Å². The molecule has 0 spiro atoms. The molecular formula is C19H28FN3O2. The standard InChI is InChI=1S/C19H28FN3O2/c1-22-8-5-14(6-9-22)15-7-10-23(13-15)19(24)21-12-16-11-17(20)3-4-18(16)25-2/h3-4,11,14-15H,5-10,12-13H2,1-2H3,(H,21,24)/t15-/m0/s1. The zero-order chi connectivity index (χ0) is 17.8. The predicted octanol–water partition coefficient (Wildman–Crippen LogP) is 2.71. The number of nitrogens with one attached hydrogen (secondary N) is 1. The van der Waals surface area contributed by atoms with Crippen LogP contribution in [0.5, 0.6) is 5.75 Å². The zero-order valence-electron chi connectivity index (χ0n) is 15.1. The van der Waals surface area contributed by atoms with Crippen molar-refractivity contribution in [1.82, 2.24) is 15.1 Å². The summed E-state index contributed by atoms with van der Waals surface area (Å²) < 4.78 is 18.6. The number of ether oxygens (including phenoxy) is 1. The van der Waals surface area contributed by atoms with E-state index in [0.717, 1.165) is 38.5 Å². The van der Waals surface area contributed by atoms with Gasteiger partial charge in [-0.3, -0.25) is 0 Å². The summed E-state index contributed by atoms with van der Waals surface area (Å²) >= 11 is 0. The van der Waals surface area contributed by atoms with Gasteiger partial charge in [0.15, 0.2) is 0 Å². The number of hydrogen-bond acceptors (Lipinski definition) is 3. The molecule has 3 rings (SSSR count). The molecule has 2 heterocycles. The van der Waals surface area contributed by atoms with Gasteiger partial charge in [0.05, 0.1) is 7.11 Å². The van der Waals surface area contributed by atoms with E-state index in [0.29, 0.717) is 17.2 Å². The smallest absolute Gasteiger partial charge is 0.317 e. The first-order valence-corrected chi connectivity index (χ1v) is 9.10. The van der Waals surface area contributed by atoms with E-state index in [1.807, 2.05) is 4.90 Å². The number of carbonyl (C=O) groups excluding carboxylic acids is 1. The number of methoxy groups -OCH3 is 1. The maximum absolute atomic E-state index is 13.4. The van der Waals surface area contributed by atoms with Crippen molar-refractivity contribution in [2.75, 3.05) is 40.3 Å². The minimum Gasteiger partial charge on any atom is -0.496 e. The number of urea groups is 1. The molecule has 5 nitrogen and oxygen atoms in total. The van der Waals surface area contributed by atoms with Crippen molar-refractivity contribution in [2.45, 2.75) is 25.8 Å². The molecule has 2 fully saturated rings. The number of benzene rings is 1. The first kappa shape index (κ1) is 18.0. The van der Waals surface area contributed by atoms with Gasteiger partial charge in [-0.15, -0.1) is 0 Å². The third-order valence-electron chi connectivity index (χ3n) is 5.61. The zero-order valence-corrected chi connectivity index (χ0v) is 15.1. The predicted molar refractivity (Wildman–Crippen MR) is 95.1 cm³/mol. The highest BCUT2D eigenvalue weighted by Gasteiger charge is 2.33. The second-order valence-corrected chi connectivity index (χ2v) is 7.25. The molecule has 0 saturated carbocycles. The summed E-state index contributed by atoms with van der Waals surface area (Å²) in [7, 11) is 3.72. The normalized spacial score (nSPS) is 22.2. The molecule has 0 aromatic heterocycles. The molecule has 2 aliphatic rings. The van der Waals surface area contributed by atoms with Crippen molar-refractivity contribution in [2.24, 2.45) is 11.8 Å². The van der Waals surface area contributed by atoms with E-state index in [-0.39, 0.29) is 18.4 Å². The van der Waals surface area contributed by atoms with E-state index in [1.165, 1.54) is 25.0 Å². The van der Waals surface area contributed by atoms with Crippen LogP contribution in [0.2, 0.25) is 0 Å². The molecule has 2 saturated heterocycles. The van der Waals surface area contributed by atoms with E-state index in [2.05, 4.69) is 17.3 Å². The van der Waals surface area contributed by atoms with Crippen LogP contribution in [0.25, 0.3) is 0 Å². The molecule has 25 heavy (non-hydrogen) atoms. The largest absolute Gasteiger partial charge is 0.496 e. The Morgan fingerprint density at radius 2 is 1.96 bits per heavy atom. The second kappa shape index (κ2) is 8.04. The molecule has 0 radical (unpaired) electrons. The molecule has 138 valence electrons. The highest BCUT2D eigenvalue weighted by atomic mass is 19.1. The Balaban J connectivity index is 1.50. The van der Waals surface area contributed by atoms with Crippen LogP contribution in [-0.4, -0.2) is 56.2 Å². The van der Waals surface area contributed by atoms with E-state index < -0.39 is 0 Å². The first-order valence-electron chi connectivity index (χ1n) is 9.10. The van der Waals surface area contributed by atoms with E-state index in [4.69, 9.17) is 4.74 Å². The Kier molecular flexibility index (Phi) is 5.78. The van der Waals surface area contributed by atoms with Gasteiger partial charge in [0.25, 0.3) is 0 Å². The Bertz CT molecular complexity index is 602. The summed E-state index contributed by atoms with van der Waals surface area (Å²) in [6.45, 7) is 4.23. The molecule has 0 bridgehead atoms. The monoisotopic (exact) mass is 349 g/mol. The molecular weight excluding hydrogens is 321 g/mol. The highest BCUT2D eigenvalue weighted by Crippen LogP contribution is 2.31. The van der Waals surface area contributed by atoms with Crippen molar-refractivity contribution < 1.29 is 13.9 Å². The number of hydrogen-bond donors (Lipinski definition) is 1. The molecule has 6 heteroatoms. The van der Waals surface area contributed by atoms with Crippen LogP contribution in [0.3, 0.4) is 0 Å². The van der Waals surface area contributed by atoms with Gasteiger partial charge in [0.2, 0.25) is 0 Å². The first-order chi connectivity index (χ1) is 12.1. The number of likely N-dealkylation sites (tertiary alicyclic amines) is 2. The Morgan fingerprint density at radius 3 is 2.68 bits per heavy atom. The van der Waals surface area contributed by atoms with Gasteiger partial charge in [0.1, 0.15) is 11.6 Å². The summed E-state index contributed by atoms with van der Waals surface area (Å²) in [5, 5.41) is 2.91. The maximum Gasteiger partial charge on any atom is 0.317 e. The molecule has 1 aromatic carbocycles. The quantitative estimate of drug-likeness (QED) is 0.909. The fourth-order valence-corrected chi connectivity index (χ4v) is 4.02. The lowest BCUT2D eigenvalue weighted by molar-refractivity contribution is 0.168.